The lowest BCUT2D eigenvalue weighted by atomic mass is 9.98. The van der Waals surface area contributed by atoms with Crippen molar-refractivity contribution >= 4 is 17.3 Å². The van der Waals surface area contributed by atoms with E-state index in [2.05, 4.69) is 15.7 Å². The fraction of sp³-hybridized carbons (Fsp3) is 0.286. The second-order valence-corrected chi connectivity index (χ2v) is 4.60. The number of anilines is 1. The van der Waals surface area contributed by atoms with E-state index in [1.807, 2.05) is 32.1 Å². The Kier molecular flexibility index (Phi) is 3.97. The van der Waals surface area contributed by atoms with E-state index in [1.54, 1.807) is 6.20 Å². The maximum Gasteiger partial charge on any atom is 0.251 e. The zero-order valence-electron chi connectivity index (χ0n) is 11.2. The van der Waals surface area contributed by atoms with Crippen molar-refractivity contribution in [1.82, 2.24) is 10.3 Å². The van der Waals surface area contributed by atoms with Gasteiger partial charge in [0.15, 0.2) is 0 Å². The first kappa shape index (κ1) is 13.3. The number of allylic oxidation sites excluding steroid dienone is 1. The Balaban J connectivity index is 2.34. The molecule has 100 valence electrons. The monoisotopic (exact) mass is 258 g/mol. The summed E-state index contributed by atoms with van der Waals surface area (Å²) in [7, 11) is 0. The summed E-state index contributed by atoms with van der Waals surface area (Å²) < 4.78 is 0. The predicted molar refractivity (Wildman–Crippen MR) is 76.0 cm³/mol. The average Bonchev–Trinajstić information content (AvgIpc) is 2.43. The highest BCUT2D eigenvalue weighted by Gasteiger charge is 2.15. The maximum atomic E-state index is 11.8. The Labute approximate surface area is 112 Å². The van der Waals surface area contributed by atoms with Crippen LogP contribution in [-0.4, -0.2) is 17.4 Å². The first-order valence-electron chi connectivity index (χ1n) is 6.21. The van der Waals surface area contributed by atoms with Crippen LogP contribution in [-0.2, 0) is 4.79 Å². The van der Waals surface area contributed by atoms with Gasteiger partial charge in [-0.05, 0) is 49.6 Å². The van der Waals surface area contributed by atoms with Crippen molar-refractivity contribution in [3.63, 3.8) is 0 Å². The number of hydrazine groups is 1. The number of hydrogen-bond acceptors (Lipinski definition) is 4. The van der Waals surface area contributed by atoms with Crippen LogP contribution in [0, 0.1) is 0 Å². The van der Waals surface area contributed by atoms with Crippen molar-refractivity contribution in [2.24, 2.45) is 5.84 Å². The van der Waals surface area contributed by atoms with E-state index in [-0.39, 0.29) is 5.91 Å². The molecule has 1 amide bonds. The van der Waals surface area contributed by atoms with Gasteiger partial charge in [0.2, 0.25) is 0 Å². The molecule has 1 aromatic heterocycles. The first-order chi connectivity index (χ1) is 9.11. The number of aromatic nitrogens is 1. The largest absolute Gasteiger partial charge is 0.352 e. The van der Waals surface area contributed by atoms with E-state index < -0.39 is 0 Å². The summed E-state index contributed by atoms with van der Waals surface area (Å²) >= 11 is 0. The van der Waals surface area contributed by atoms with E-state index in [1.165, 1.54) is 0 Å². The van der Waals surface area contributed by atoms with E-state index >= 15 is 0 Å². The van der Waals surface area contributed by atoms with Gasteiger partial charge in [0, 0.05) is 18.3 Å². The Morgan fingerprint density at radius 1 is 1.58 bits per heavy atom. The zero-order valence-corrected chi connectivity index (χ0v) is 11.2. The molecule has 2 heterocycles. The molecule has 19 heavy (non-hydrogen) atoms. The van der Waals surface area contributed by atoms with Crippen LogP contribution < -0.4 is 16.6 Å². The molecule has 0 aromatic carbocycles. The van der Waals surface area contributed by atoms with Crippen LogP contribution in [0.4, 0.5) is 5.82 Å². The summed E-state index contributed by atoms with van der Waals surface area (Å²) in [5.74, 6) is 5.94. The van der Waals surface area contributed by atoms with Gasteiger partial charge in [-0.15, -0.1) is 0 Å². The molecule has 0 fully saturated rings. The number of carbonyl (C=O) groups is 1. The Morgan fingerprint density at radius 2 is 2.37 bits per heavy atom. The quantitative estimate of drug-likeness (QED) is 0.568. The van der Waals surface area contributed by atoms with Crippen molar-refractivity contribution in [3.8, 4) is 0 Å². The summed E-state index contributed by atoms with van der Waals surface area (Å²) in [6.45, 7) is 4.69. The summed E-state index contributed by atoms with van der Waals surface area (Å²) in [6.07, 6.45) is 4.50. The second kappa shape index (κ2) is 5.67. The maximum absolute atomic E-state index is 11.8. The van der Waals surface area contributed by atoms with Crippen LogP contribution in [0.3, 0.4) is 0 Å². The van der Waals surface area contributed by atoms with Crippen LogP contribution in [0.5, 0.6) is 0 Å². The van der Waals surface area contributed by atoms with E-state index in [9.17, 15) is 4.79 Å². The summed E-state index contributed by atoms with van der Waals surface area (Å²) in [5.41, 5.74) is 6.38. The minimum absolute atomic E-state index is 0.00525. The number of carbonyl (C=O) groups excluding carboxylic acids is 1. The fourth-order valence-corrected chi connectivity index (χ4v) is 2.03. The minimum Gasteiger partial charge on any atom is -0.352 e. The highest BCUT2D eigenvalue weighted by molar-refractivity contribution is 5.99. The number of amides is 1. The minimum atomic E-state index is -0.00525. The lowest BCUT2D eigenvalue weighted by molar-refractivity contribution is -0.117. The molecule has 1 aromatic rings. The molecule has 0 spiro atoms. The molecule has 0 unspecified atom stereocenters. The van der Waals surface area contributed by atoms with E-state index in [0.29, 0.717) is 5.82 Å². The molecule has 5 heteroatoms. The van der Waals surface area contributed by atoms with Crippen LogP contribution in [0.1, 0.15) is 25.8 Å². The standard InChI is InChI=1S/C14H18N4O/c1-9-3-5-17-14(19)12(9)7-10(2)11-4-6-16-13(8-11)18-15/h4,6-8H,3,5,15H2,1-2H3,(H,16,18)(H,17,19)/b10-7+. The van der Waals surface area contributed by atoms with Gasteiger partial charge in [-0.3, -0.25) is 4.79 Å². The highest BCUT2D eigenvalue weighted by Crippen LogP contribution is 2.21. The van der Waals surface area contributed by atoms with Gasteiger partial charge in [-0.1, -0.05) is 5.57 Å². The van der Waals surface area contributed by atoms with Gasteiger partial charge in [-0.2, -0.15) is 0 Å². The fourth-order valence-electron chi connectivity index (χ4n) is 2.03. The van der Waals surface area contributed by atoms with E-state index in [0.717, 1.165) is 35.2 Å². The number of nitrogens with one attached hydrogen (secondary N) is 2. The van der Waals surface area contributed by atoms with Gasteiger partial charge >= 0.3 is 0 Å². The Hall–Kier alpha value is -2.14. The van der Waals surface area contributed by atoms with Gasteiger partial charge in [-0.25, -0.2) is 10.8 Å². The van der Waals surface area contributed by atoms with Crippen molar-refractivity contribution in [2.75, 3.05) is 12.0 Å². The number of nitrogens with zero attached hydrogens (tertiary/aromatic N) is 1. The van der Waals surface area contributed by atoms with Gasteiger partial charge < -0.3 is 10.7 Å². The number of hydrogen-bond donors (Lipinski definition) is 3. The molecule has 1 aliphatic rings. The molecule has 0 atom stereocenters. The number of nitrogen functional groups attached to an aromatic ring is 1. The molecular formula is C14H18N4O. The third-order valence-electron chi connectivity index (χ3n) is 3.21. The Morgan fingerprint density at radius 3 is 3.05 bits per heavy atom. The number of rotatable bonds is 3. The second-order valence-electron chi connectivity index (χ2n) is 4.60. The van der Waals surface area contributed by atoms with Crippen LogP contribution in [0.15, 0.2) is 35.6 Å². The van der Waals surface area contributed by atoms with E-state index in [4.69, 9.17) is 5.84 Å². The molecular weight excluding hydrogens is 240 g/mol. The van der Waals surface area contributed by atoms with Crippen LogP contribution in [0.2, 0.25) is 0 Å². The van der Waals surface area contributed by atoms with Crippen molar-refractivity contribution in [3.05, 3.63) is 41.1 Å². The van der Waals surface area contributed by atoms with Crippen molar-refractivity contribution in [2.45, 2.75) is 20.3 Å². The normalized spacial score (nSPS) is 16.4. The van der Waals surface area contributed by atoms with Gasteiger partial charge in [0.25, 0.3) is 5.91 Å². The molecule has 2 rings (SSSR count). The van der Waals surface area contributed by atoms with Crippen molar-refractivity contribution < 1.29 is 4.79 Å². The molecule has 1 aliphatic heterocycles. The molecule has 0 radical (unpaired) electrons. The Bertz CT molecular complexity index is 560. The lowest BCUT2D eigenvalue weighted by Crippen LogP contribution is -2.30. The van der Waals surface area contributed by atoms with Crippen molar-refractivity contribution in [1.29, 1.82) is 0 Å². The highest BCUT2D eigenvalue weighted by atomic mass is 16.1. The summed E-state index contributed by atoms with van der Waals surface area (Å²) in [6, 6.07) is 3.74. The van der Waals surface area contributed by atoms with Gasteiger partial charge in [0.05, 0.1) is 0 Å². The summed E-state index contributed by atoms with van der Waals surface area (Å²) in [5, 5.41) is 2.86. The molecule has 0 bridgehead atoms. The third-order valence-corrected chi connectivity index (χ3v) is 3.21. The molecule has 0 aliphatic carbocycles. The topological polar surface area (TPSA) is 80.0 Å². The zero-order chi connectivity index (χ0) is 13.8. The first-order valence-corrected chi connectivity index (χ1v) is 6.21. The van der Waals surface area contributed by atoms with Crippen LogP contribution >= 0.6 is 0 Å². The third kappa shape index (κ3) is 3.00. The molecule has 0 saturated carbocycles. The summed E-state index contributed by atoms with van der Waals surface area (Å²) in [4.78, 5) is 15.9. The predicted octanol–water partition coefficient (Wildman–Crippen LogP) is 1.61. The van der Waals surface area contributed by atoms with Gasteiger partial charge in [0.1, 0.15) is 5.82 Å². The number of pyridine rings is 1. The average molecular weight is 258 g/mol. The lowest BCUT2D eigenvalue weighted by Gasteiger charge is -2.16. The smallest absolute Gasteiger partial charge is 0.251 e. The number of nitrogens with two attached hydrogens (primary N) is 1. The molecule has 4 N–H and O–H groups in total. The molecule has 0 saturated heterocycles. The SMILES string of the molecule is CC1=C(/C=C(\C)c2ccnc(NN)c2)C(=O)NCC1. The molecule has 5 nitrogen and oxygen atoms in total. The van der Waals surface area contributed by atoms with Crippen LogP contribution in [0.25, 0.3) is 5.57 Å².